The minimum absolute atomic E-state index is 0.223. The molecule has 6 nitrogen and oxygen atoms in total. The van der Waals surface area contributed by atoms with Crippen molar-refractivity contribution in [3.63, 3.8) is 0 Å². The average molecular weight is 275 g/mol. The molecular weight excluding hydrogens is 254 g/mol. The van der Waals surface area contributed by atoms with Crippen LogP contribution in [0.3, 0.4) is 0 Å². The third-order valence-corrected chi connectivity index (χ3v) is 3.90. The van der Waals surface area contributed by atoms with Crippen LogP contribution in [0.25, 0.3) is 5.65 Å². The van der Waals surface area contributed by atoms with Crippen molar-refractivity contribution in [3.8, 4) is 0 Å². The molecule has 0 aromatic carbocycles. The van der Waals surface area contributed by atoms with E-state index in [1.54, 1.807) is 0 Å². The van der Waals surface area contributed by atoms with E-state index < -0.39 is 0 Å². The predicted molar refractivity (Wildman–Crippen MR) is 76.9 cm³/mol. The number of aryl methyl sites for hydroxylation is 1. The van der Waals surface area contributed by atoms with Gasteiger partial charge in [0.1, 0.15) is 5.82 Å². The van der Waals surface area contributed by atoms with E-state index in [1.165, 1.54) is 17.2 Å². The number of aromatic nitrogens is 4. The molecule has 2 aromatic heterocycles. The van der Waals surface area contributed by atoms with Crippen molar-refractivity contribution in [1.29, 1.82) is 0 Å². The van der Waals surface area contributed by atoms with E-state index in [9.17, 15) is 4.79 Å². The first kappa shape index (κ1) is 13.3. The molecule has 1 atom stereocenters. The minimum atomic E-state index is -0.223. The molecule has 2 N–H and O–H groups in total. The maximum absolute atomic E-state index is 11.6. The molecule has 0 aliphatic heterocycles. The summed E-state index contributed by atoms with van der Waals surface area (Å²) in [5.74, 6) is 1.47. The highest BCUT2D eigenvalue weighted by atomic mass is 16.1. The Bertz CT molecular complexity index is 655. The molecule has 2 heterocycles. The molecule has 2 aromatic rings. The third kappa shape index (κ3) is 2.60. The van der Waals surface area contributed by atoms with Gasteiger partial charge in [0.15, 0.2) is 5.65 Å². The zero-order chi connectivity index (χ0) is 14.1. The molecule has 20 heavy (non-hydrogen) atoms. The molecule has 1 aliphatic carbocycles. The molecule has 0 bridgehead atoms. The van der Waals surface area contributed by atoms with Crippen molar-refractivity contribution in [2.24, 2.45) is 5.92 Å². The monoisotopic (exact) mass is 275 g/mol. The third-order valence-electron chi connectivity index (χ3n) is 3.90. The van der Waals surface area contributed by atoms with Gasteiger partial charge in [-0.05, 0) is 38.6 Å². The normalized spacial score (nSPS) is 16.7. The molecule has 1 saturated carbocycles. The standard InChI is InChI=1S/C14H21N5O/c1-3-6-15-12(10-4-5-10)7-11-8-13-17-18-14(20)19(13)9(2)16-11/h8,10,12,15H,3-7H2,1-2H3,(H,18,20). The van der Waals surface area contributed by atoms with Crippen LogP contribution in [0.15, 0.2) is 10.9 Å². The molecule has 108 valence electrons. The molecule has 0 radical (unpaired) electrons. The van der Waals surface area contributed by atoms with Gasteiger partial charge in [-0.3, -0.25) is 0 Å². The van der Waals surface area contributed by atoms with E-state index in [0.29, 0.717) is 17.5 Å². The first-order valence-corrected chi connectivity index (χ1v) is 7.36. The van der Waals surface area contributed by atoms with Crippen LogP contribution in [-0.4, -0.2) is 32.2 Å². The van der Waals surface area contributed by atoms with Gasteiger partial charge < -0.3 is 5.32 Å². The number of H-pyrrole nitrogens is 1. The second-order valence-corrected chi connectivity index (χ2v) is 5.62. The largest absolute Gasteiger partial charge is 0.349 e. The quantitative estimate of drug-likeness (QED) is 0.826. The SMILES string of the molecule is CCCNC(Cc1cc2n[nH]c(=O)n2c(C)n1)C1CC1. The van der Waals surface area contributed by atoms with Crippen LogP contribution in [0.5, 0.6) is 0 Å². The van der Waals surface area contributed by atoms with Gasteiger partial charge in [-0.1, -0.05) is 6.92 Å². The second-order valence-electron chi connectivity index (χ2n) is 5.62. The van der Waals surface area contributed by atoms with Gasteiger partial charge in [-0.15, -0.1) is 0 Å². The van der Waals surface area contributed by atoms with Gasteiger partial charge in [0, 0.05) is 24.2 Å². The predicted octanol–water partition coefficient (Wildman–Crippen LogP) is 1.05. The lowest BCUT2D eigenvalue weighted by atomic mass is 10.1. The Morgan fingerprint density at radius 3 is 3.05 bits per heavy atom. The molecule has 6 heteroatoms. The molecule has 1 unspecified atom stereocenters. The number of hydrogen-bond donors (Lipinski definition) is 2. The van der Waals surface area contributed by atoms with Crippen LogP contribution in [0, 0.1) is 12.8 Å². The van der Waals surface area contributed by atoms with Crippen molar-refractivity contribution in [3.05, 3.63) is 28.1 Å². The number of aromatic amines is 1. The minimum Gasteiger partial charge on any atom is -0.313 e. The maximum Gasteiger partial charge on any atom is 0.349 e. The van der Waals surface area contributed by atoms with Crippen LogP contribution >= 0.6 is 0 Å². The van der Waals surface area contributed by atoms with Crippen LogP contribution in [-0.2, 0) is 6.42 Å². The topological polar surface area (TPSA) is 75.1 Å². The zero-order valence-electron chi connectivity index (χ0n) is 12.0. The number of nitrogens with one attached hydrogen (secondary N) is 2. The van der Waals surface area contributed by atoms with E-state index >= 15 is 0 Å². The smallest absolute Gasteiger partial charge is 0.313 e. The summed E-state index contributed by atoms with van der Waals surface area (Å²) in [4.78, 5) is 16.1. The van der Waals surface area contributed by atoms with E-state index in [2.05, 4.69) is 27.4 Å². The summed E-state index contributed by atoms with van der Waals surface area (Å²) < 4.78 is 1.51. The molecule has 1 aliphatic rings. The lowest BCUT2D eigenvalue weighted by Crippen LogP contribution is -2.34. The lowest BCUT2D eigenvalue weighted by Gasteiger charge is -2.17. The van der Waals surface area contributed by atoms with Crippen molar-refractivity contribution in [2.45, 2.75) is 45.6 Å². The fourth-order valence-electron chi connectivity index (χ4n) is 2.72. The summed E-state index contributed by atoms with van der Waals surface area (Å²) >= 11 is 0. The fourth-order valence-corrected chi connectivity index (χ4v) is 2.72. The van der Waals surface area contributed by atoms with Crippen LogP contribution in [0.2, 0.25) is 0 Å². The number of rotatable bonds is 6. The lowest BCUT2D eigenvalue weighted by molar-refractivity contribution is 0.455. The summed E-state index contributed by atoms with van der Waals surface area (Å²) in [6, 6.07) is 2.41. The second kappa shape index (κ2) is 5.36. The molecule has 0 spiro atoms. The van der Waals surface area contributed by atoms with Crippen LogP contribution in [0.1, 0.15) is 37.7 Å². The van der Waals surface area contributed by atoms with E-state index in [4.69, 9.17) is 0 Å². The summed E-state index contributed by atoms with van der Waals surface area (Å²) in [5, 5.41) is 10.1. The molecular formula is C14H21N5O. The molecule has 3 rings (SSSR count). The Hall–Kier alpha value is -1.69. The first-order valence-electron chi connectivity index (χ1n) is 7.36. The number of nitrogens with zero attached hydrogens (tertiary/aromatic N) is 3. The summed E-state index contributed by atoms with van der Waals surface area (Å²) in [6.45, 7) is 5.07. The maximum atomic E-state index is 11.6. The zero-order valence-corrected chi connectivity index (χ0v) is 12.0. The van der Waals surface area contributed by atoms with Gasteiger partial charge in [-0.2, -0.15) is 5.10 Å². The highest BCUT2D eigenvalue weighted by molar-refractivity contribution is 5.38. The Morgan fingerprint density at radius 2 is 2.35 bits per heavy atom. The van der Waals surface area contributed by atoms with Gasteiger partial charge in [0.05, 0.1) is 0 Å². The molecule has 0 amide bonds. The van der Waals surface area contributed by atoms with Crippen LogP contribution < -0.4 is 11.0 Å². The number of fused-ring (bicyclic) bond motifs is 1. The van der Waals surface area contributed by atoms with E-state index in [1.807, 2.05) is 13.0 Å². The Labute approximate surface area is 117 Å². The van der Waals surface area contributed by atoms with Crippen molar-refractivity contribution in [2.75, 3.05) is 6.54 Å². The van der Waals surface area contributed by atoms with Gasteiger partial charge >= 0.3 is 5.69 Å². The Morgan fingerprint density at radius 1 is 1.55 bits per heavy atom. The van der Waals surface area contributed by atoms with Crippen LogP contribution in [0.4, 0.5) is 0 Å². The van der Waals surface area contributed by atoms with Crippen molar-refractivity contribution < 1.29 is 0 Å². The summed E-state index contributed by atoms with van der Waals surface area (Å²) in [5.41, 5.74) is 1.44. The van der Waals surface area contributed by atoms with Crippen molar-refractivity contribution >= 4 is 5.65 Å². The van der Waals surface area contributed by atoms with Crippen molar-refractivity contribution in [1.82, 2.24) is 24.9 Å². The van der Waals surface area contributed by atoms with E-state index in [0.717, 1.165) is 31.0 Å². The van der Waals surface area contributed by atoms with Gasteiger partial charge in [0.2, 0.25) is 0 Å². The van der Waals surface area contributed by atoms with Gasteiger partial charge in [0.25, 0.3) is 0 Å². The highest BCUT2D eigenvalue weighted by Gasteiger charge is 2.31. The molecule has 1 fully saturated rings. The Kier molecular flexibility index (Phi) is 3.56. The first-order chi connectivity index (χ1) is 9.69. The summed E-state index contributed by atoms with van der Waals surface area (Å²) in [7, 11) is 0. The average Bonchev–Trinajstić information content (AvgIpc) is 3.19. The number of hydrogen-bond acceptors (Lipinski definition) is 4. The summed E-state index contributed by atoms with van der Waals surface area (Å²) in [6.07, 6.45) is 4.67. The fraction of sp³-hybridized carbons (Fsp3) is 0.643. The molecule has 0 saturated heterocycles. The van der Waals surface area contributed by atoms with E-state index in [-0.39, 0.29) is 5.69 Å². The highest BCUT2D eigenvalue weighted by Crippen LogP contribution is 2.34. The Balaban J connectivity index is 1.84. The van der Waals surface area contributed by atoms with Gasteiger partial charge in [-0.25, -0.2) is 19.3 Å².